The number of furan rings is 1. The maximum absolute atomic E-state index is 13.7. The van der Waals surface area contributed by atoms with Gasteiger partial charge in [-0.3, -0.25) is 14.2 Å². The van der Waals surface area contributed by atoms with E-state index in [4.69, 9.17) is 14.1 Å². The van der Waals surface area contributed by atoms with E-state index in [9.17, 15) is 9.59 Å². The van der Waals surface area contributed by atoms with E-state index in [2.05, 4.69) is 6.92 Å². The number of hydrogen-bond acceptors (Lipinski definition) is 5. The van der Waals surface area contributed by atoms with Crippen molar-refractivity contribution in [1.29, 1.82) is 0 Å². The quantitative estimate of drug-likeness (QED) is 0.366. The van der Waals surface area contributed by atoms with Gasteiger partial charge in [-0.2, -0.15) is 0 Å². The first kappa shape index (κ1) is 23.4. The summed E-state index contributed by atoms with van der Waals surface area (Å²) in [5.74, 6) is 0.995. The van der Waals surface area contributed by atoms with E-state index < -0.39 is 6.04 Å². The van der Waals surface area contributed by atoms with Crippen molar-refractivity contribution < 1.29 is 13.9 Å². The van der Waals surface area contributed by atoms with Gasteiger partial charge in [-0.05, 0) is 55.3 Å². The molecule has 0 bridgehead atoms. The van der Waals surface area contributed by atoms with E-state index in [0.717, 1.165) is 12.0 Å². The molecule has 0 aliphatic carbocycles. The lowest BCUT2D eigenvalue weighted by Gasteiger charge is -2.30. The Kier molecular flexibility index (Phi) is 7.23. The van der Waals surface area contributed by atoms with Gasteiger partial charge < -0.3 is 14.1 Å². The van der Waals surface area contributed by atoms with Gasteiger partial charge in [0, 0.05) is 12.7 Å². The Morgan fingerprint density at radius 2 is 1.88 bits per heavy atom. The number of carbonyl (C=O) groups is 1. The summed E-state index contributed by atoms with van der Waals surface area (Å²) in [7, 11) is 1.59. The molecule has 0 saturated carbocycles. The molecule has 0 aliphatic rings. The van der Waals surface area contributed by atoms with E-state index in [1.54, 1.807) is 35.0 Å². The van der Waals surface area contributed by atoms with Crippen LogP contribution >= 0.6 is 0 Å². The van der Waals surface area contributed by atoms with Crippen LogP contribution < -0.4 is 5.56 Å². The summed E-state index contributed by atoms with van der Waals surface area (Å²) in [6, 6.07) is 18.0. The third-order valence-electron chi connectivity index (χ3n) is 6.03. The van der Waals surface area contributed by atoms with Crippen molar-refractivity contribution in [3.05, 3.63) is 100.0 Å². The number of carbonyl (C=O) groups excluding carboxylic acids is 1. The van der Waals surface area contributed by atoms with Crippen molar-refractivity contribution in [2.75, 3.05) is 13.7 Å². The second kappa shape index (κ2) is 10.5. The third kappa shape index (κ3) is 4.79. The monoisotopic (exact) mass is 459 g/mol. The third-order valence-corrected chi connectivity index (χ3v) is 6.03. The molecule has 4 rings (SSSR count). The maximum Gasteiger partial charge on any atom is 0.261 e. The number of fused-ring (bicyclic) bond motifs is 1. The van der Waals surface area contributed by atoms with Crippen molar-refractivity contribution in [2.24, 2.45) is 0 Å². The Morgan fingerprint density at radius 1 is 1.12 bits per heavy atom. The first-order valence-electron chi connectivity index (χ1n) is 11.4. The molecule has 176 valence electrons. The van der Waals surface area contributed by atoms with Gasteiger partial charge >= 0.3 is 0 Å². The molecule has 0 radical (unpaired) electrons. The van der Waals surface area contributed by atoms with Crippen molar-refractivity contribution in [3.63, 3.8) is 0 Å². The fraction of sp³-hybridized carbons (Fsp3) is 0.296. The number of aryl methyl sites for hydroxylation is 1. The topological polar surface area (TPSA) is 77.6 Å². The van der Waals surface area contributed by atoms with Gasteiger partial charge in [0.15, 0.2) is 0 Å². The minimum absolute atomic E-state index is 0.151. The van der Waals surface area contributed by atoms with Crippen LogP contribution in [0.1, 0.15) is 47.4 Å². The van der Waals surface area contributed by atoms with Crippen LogP contribution in [0.3, 0.4) is 0 Å². The SMILES string of the molecule is CCc1ccc(C(=O)N(Cc2ccco2)C(C)c2nc3ccccc3c(=O)n2CCOC)cc1. The first-order valence-corrected chi connectivity index (χ1v) is 11.4. The van der Waals surface area contributed by atoms with Gasteiger partial charge in [0.2, 0.25) is 0 Å². The van der Waals surface area contributed by atoms with E-state index >= 15 is 0 Å². The second-order valence-corrected chi connectivity index (χ2v) is 8.18. The smallest absolute Gasteiger partial charge is 0.261 e. The molecule has 34 heavy (non-hydrogen) atoms. The normalized spacial score (nSPS) is 12.1. The average molecular weight is 460 g/mol. The van der Waals surface area contributed by atoms with Gasteiger partial charge in [0.05, 0.1) is 42.9 Å². The van der Waals surface area contributed by atoms with Crippen LogP contribution in [0.25, 0.3) is 10.9 Å². The molecule has 2 heterocycles. The summed E-state index contributed by atoms with van der Waals surface area (Å²) < 4.78 is 12.4. The largest absolute Gasteiger partial charge is 0.467 e. The fourth-order valence-corrected chi connectivity index (χ4v) is 4.05. The maximum atomic E-state index is 13.7. The standard InChI is InChI=1S/C27H29N3O4/c1-4-20-11-13-21(14-12-20)26(31)30(18-22-8-7-16-34-22)19(2)25-28-24-10-6-5-9-23(24)27(32)29(25)15-17-33-3/h5-14,16,19H,4,15,17-18H2,1-3H3. The predicted octanol–water partition coefficient (Wildman–Crippen LogP) is 4.60. The molecular weight excluding hydrogens is 430 g/mol. The molecule has 0 aliphatic heterocycles. The van der Waals surface area contributed by atoms with Crippen LogP contribution in [0.2, 0.25) is 0 Å². The van der Waals surface area contributed by atoms with E-state index in [1.807, 2.05) is 55.5 Å². The van der Waals surface area contributed by atoms with Crippen molar-refractivity contribution in [3.8, 4) is 0 Å². The molecule has 7 heteroatoms. The van der Waals surface area contributed by atoms with Crippen molar-refractivity contribution >= 4 is 16.8 Å². The Bertz CT molecular complexity index is 1310. The minimum Gasteiger partial charge on any atom is -0.467 e. The Labute approximate surface area is 198 Å². The van der Waals surface area contributed by atoms with Gasteiger partial charge in [0.25, 0.3) is 11.5 Å². The highest BCUT2D eigenvalue weighted by Gasteiger charge is 2.28. The number of amides is 1. The molecule has 2 aromatic carbocycles. The number of benzene rings is 2. The molecular formula is C27H29N3O4. The Balaban J connectivity index is 1.80. The van der Waals surface area contributed by atoms with Gasteiger partial charge in [-0.25, -0.2) is 4.98 Å². The zero-order chi connectivity index (χ0) is 24.1. The molecule has 4 aromatic rings. The summed E-state index contributed by atoms with van der Waals surface area (Å²) in [5, 5.41) is 0.536. The van der Waals surface area contributed by atoms with E-state index in [0.29, 0.717) is 41.2 Å². The highest BCUT2D eigenvalue weighted by molar-refractivity contribution is 5.94. The number of ether oxygens (including phenoxy) is 1. The number of para-hydroxylation sites is 1. The average Bonchev–Trinajstić information content (AvgIpc) is 3.39. The summed E-state index contributed by atoms with van der Waals surface area (Å²) >= 11 is 0. The number of nitrogens with zero attached hydrogens (tertiary/aromatic N) is 3. The summed E-state index contributed by atoms with van der Waals surface area (Å²) in [6.07, 6.45) is 2.48. The van der Waals surface area contributed by atoms with Crippen LogP contribution in [-0.2, 0) is 24.2 Å². The summed E-state index contributed by atoms with van der Waals surface area (Å²) in [5.41, 5.74) is 2.18. The van der Waals surface area contributed by atoms with Crippen LogP contribution in [0.5, 0.6) is 0 Å². The van der Waals surface area contributed by atoms with Crippen LogP contribution in [0.4, 0.5) is 0 Å². The molecule has 0 saturated heterocycles. The van der Waals surface area contributed by atoms with Gasteiger partial charge in [-0.15, -0.1) is 0 Å². The molecule has 7 nitrogen and oxygen atoms in total. The zero-order valence-electron chi connectivity index (χ0n) is 19.7. The van der Waals surface area contributed by atoms with Crippen LogP contribution in [0.15, 0.2) is 76.1 Å². The predicted molar refractivity (Wildman–Crippen MR) is 131 cm³/mol. The first-order chi connectivity index (χ1) is 16.5. The highest BCUT2D eigenvalue weighted by Crippen LogP contribution is 2.25. The Morgan fingerprint density at radius 3 is 2.56 bits per heavy atom. The minimum atomic E-state index is -0.502. The van der Waals surface area contributed by atoms with Gasteiger partial charge in [-0.1, -0.05) is 31.2 Å². The molecule has 0 fully saturated rings. The Hall–Kier alpha value is -3.71. The molecule has 0 N–H and O–H groups in total. The molecule has 0 spiro atoms. The molecule has 1 amide bonds. The van der Waals surface area contributed by atoms with E-state index in [-0.39, 0.29) is 18.0 Å². The molecule has 1 atom stereocenters. The van der Waals surface area contributed by atoms with Crippen LogP contribution in [-0.4, -0.2) is 34.1 Å². The number of methoxy groups -OCH3 is 1. The summed E-state index contributed by atoms with van der Waals surface area (Å²) in [6.45, 7) is 4.90. The lowest BCUT2D eigenvalue weighted by Crippen LogP contribution is -2.38. The lowest BCUT2D eigenvalue weighted by molar-refractivity contribution is 0.0644. The van der Waals surface area contributed by atoms with Crippen LogP contribution in [0, 0.1) is 0 Å². The van der Waals surface area contributed by atoms with Crippen molar-refractivity contribution in [2.45, 2.75) is 39.4 Å². The lowest BCUT2D eigenvalue weighted by atomic mass is 10.1. The zero-order valence-corrected chi connectivity index (χ0v) is 19.7. The number of rotatable bonds is 9. The molecule has 1 unspecified atom stereocenters. The number of aromatic nitrogens is 2. The van der Waals surface area contributed by atoms with Crippen molar-refractivity contribution in [1.82, 2.24) is 14.5 Å². The number of hydrogen-bond donors (Lipinski definition) is 0. The highest BCUT2D eigenvalue weighted by atomic mass is 16.5. The fourth-order valence-electron chi connectivity index (χ4n) is 4.05. The second-order valence-electron chi connectivity index (χ2n) is 8.18. The molecule has 2 aromatic heterocycles. The van der Waals surface area contributed by atoms with Gasteiger partial charge in [0.1, 0.15) is 11.6 Å². The van der Waals surface area contributed by atoms with E-state index in [1.165, 1.54) is 0 Å². The summed E-state index contributed by atoms with van der Waals surface area (Å²) in [4.78, 5) is 33.6.